The van der Waals surface area contributed by atoms with Crippen molar-refractivity contribution in [2.45, 2.75) is 32.4 Å². The average molecular weight is 600 g/mol. The lowest BCUT2D eigenvalue weighted by atomic mass is 10.0. The Bertz CT molecular complexity index is 1720. The molecule has 0 saturated carbocycles. The number of aromatic nitrogens is 3. The van der Waals surface area contributed by atoms with E-state index in [1.807, 2.05) is 12.1 Å². The minimum Gasteiger partial charge on any atom is -0.493 e. The molecule has 0 spiro atoms. The second-order valence-corrected chi connectivity index (χ2v) is 12.0. The van der Waals surface area contributed by atoms with Gasteiger partial charge in [0, 0.05) is 34.8 Å². The fourth-order valence-electron chi connectivity index (χ4n) is 4.05. The van der Waals surface area contributed by atoms with Gasteiger partial charge in [0.1, 0.15) is 23.8 Å². The first-order chi connectivity index (χ1) is 19.8. The summed E-state index contributed by atoms with van der Waals surface area (Å²) in [7, 11) is -0.647. The molecule has 0 saturated heterocycles. The molecular weight excluding hydrogens is 566 g/mol. The number of nitrogens with zero attached hydrogens (tertiary/aromatic N) is 3. The highest BCUT2D eigenvalue weighted by atomic mass is 32.2. The van der Waals surface area contributed by atoms with Crippen LogP contribution in [0, 0.1) is 0 Å². The minimum atomic E-state index is -3.76. The summed E-state index contributed by atoms with van der Waals surface area (Å²) in [5.74, 6) is 1.71. The molecule has 0 aliphatic rings. The third-order valence-corrected chi connectivity index (χ3v) is 6.44. The van der Waals surface area contributed by atoms with Gasteiger partial charge in [-0.05, 0) is 44.4 Å². The van der Waals surface area contributed by atoms with Gasteiger partial charge in [0.25, 0.3) is 10.1 Å². The Morgan fingerprint density at radius 3 is 2.36 bits per heavy atom. The number of hydrogen-bond acceptors (Lipinski definition) is 12. The molecule has 3 aromatic heterocycles. The molecule has 0 aliphatic heterocycles. The van der Waals surface area contributed by atoms with Gasteiger partial charge in [0.15, 0.2) is 11.5 Å². The Hall–Kier alpha value is -4.43. The van der Waals surface area contributed by atoms with E-state index in [4.69, 9.17) is 28.9 Å². The third kappa shape index (κ3) is 7.64. The highest BCUT2D eigenvalue weighted by Gasteiger charge is 2.22. The number of ether oxygens (including phenoxy) is 4. The predicted molar refractivity (Wildman–Crippen MR) is 157 cm³/mol. The van der Waals surface area contributed by atoms with E-state index >= 15 is 0 Å². The molecule has 0 bridgehead atoms. The highest BCUT2D eigenvalue weighted by molar-refractivity contribution is 7.85. The molecule has 4 aromatic rings. The van der Waals surface area contributed by atoms with Crippen molar-refractivity contribution in [1.82, 2.24) is 20.3 Å². The Labute approximate surface area is 243 Å². The molecule has 0 aliphatic carbocycles. The number of amides is 1. The van der Waals surface area contributed by atoms with E-state index in [1.165, 1.54) is 6.20 Å². The van der Waals surface area contributed by atoms with Gasteiger partial charge in [0.05, 0.1) is 50.5 Å². The molecule has 0 radical (unpaired) electrons. The van der Waals surface area contributed by atoms with Gasteiger partial charge < -0.3 is 30.0 Å². The van der Waals surface area contributed by atoms with Crippen LogP contribution in [0.2, 0.25) is 0 Å². The summed E-state index contributed by atoms with van der Waals surface area (Å²) in [4.78, 5) is 25.6. The maximum absolute atomic E-state index is 12.3. The molecule has 0 fully saturated rings. The Kier molecular flexibility index (Phi) is 8.87. The number of nitrogens with one attached hydrogen (secondary N) is 1. The first-order valence-corrected chi connectivity index (χ1v) is 14.6. The summed E-state index contributed by atoms with van der Waals surface area (Å²) < 4.78 is 50.0. The number of pyridine rings is 3. The topological polar surface area (TPSA) is 174 Å². The molecule has 224 valence electrons. The van der Waals surface area contributed by atoms with Crippen LogP contribution in [0.15, 0.2) is 42.9 Å². The number of nitrogens with two attached hydrogens (primary N) is 1. The SMILES string of the molecule is COc1cc2ncc3c(N)nc(-c4cncc(OCC(COS(C)(=O)=O)NC(=O)OC(C)(C)C)c4)cc3c2cc1OC. The number of carbonyl (C=O) groups is 1. The highest BCUT2D eigenvalue weighted by Crippen LogP contribution is 2.37. The number of anilines is 1. The van der Waals surface area contributed by atoms with E-state index < -0.39 is 27.9 Å². The molecule has 1 aromatic carbocycles. The Balaban J connectivity index is 1.62. The zero-order valence-electron chi connectivity index (χ0n) is 24.1. The van der Waals surface area contributed by atoms with Gasteiger partial charge >= 0.3 is 6.09 Å². The van der Waals surface area contributed by atoms with Crippen LogP contribution in [-0.4, -0.2) is 74.8 Å². The van der Waals surface area contributed by atoms with Gasteiger partial charge in [-0.3, -0.25) is 14.2 Å². The van der Waals surface area contributed by atoms with Crippen LogP contribution in [0.25, 0.3) is 32.9 Å². The predicted octanol–water partition coefficient (Wildman–Crippen LogP) is 3.69. The number of benzene rings is 1. The molecule has 14 heteroatoms. The number of methoxy groups -OCH3 is 2. The van der Waals surface area contributed by atoms with Gasteiger partial charge in [-0.15, -0.1) is 0 Å². The van der Waals surface area contributed by atoms with Crippen molar-refractivity contribution < 1.29 is 36.3 Å². The number of rotatable bonds is 10. The number of fused-ring (bicyclic) bond motifs is 3. The summed E-state index contributed by atoms with van der Waals surface area (Å²) >= 11 is 0. The first-order valence-electron chi connectivity index (χ1n) is 12.8. The van der Waals surface area contributed by atoms with E-state index in [1.54, 1.807) is 59.5 Å². The van der Waals surface area contributed by atoms with Gasteiger partial charge in [0.2, 0.25) is 0 Å². The van der Waals surface area contributed by atoms with E-state index in [9.17, 15) is 13.2 Å². The summed E-state index contributed by atoms with van der Waals surface area (Å²) in [6.07, 6.45) is 4.92. The maximum atomic E-state index is 12.3. The van der Waals surface area contributed by atoms with Gasteiger partial charge in [-0.25, -0.2) is 9.78 Å². The van der Waals surface area contributed by atoms with Crippen molar-refractivity contribution in [3.05, 3.63) is 42.9 Å². The number of carbonyl (C=O) groups excluding carboxylic acids is 1. The van der Waals surface area contributed by atoms with E-state index in [-0.39, 0.29) is 19.0 Å². The Morgan fingerprint density at radius 2 is 1.69 bits per heavy atom. The smallest absolute Gasteiger partial charge is 0.408 e. The van der Waals surface area contributed by atoms with Crippen molar-refractivity contribution >= 4 is 43.7 Å². The van der Waals surface area contributed by atoms with Crippen molar-refractivity contribution in [1.29, 1.82) is 0 Å². The maximum Gasteiger partial charge on any atom is 0.408 e. The van der Waals surface area contributed by atoms with Gasteiger partial charge in [-0.1, -0.05) is 0 Å². The number of alkyl carbamates (subject to hydrolysis) is 1. The largest absolute Gasteiger partial charge is 0.493 e. The molecule has 42 heavy (non-hydrogen) atoms. The minimum absolute atomic E-state index is 0.134. The second kappa shape index (κ2) is 12.2. The molecule has 1 unspecified atom stereocenters. The van der Waals surface area contributed by atoms with Crippen LogP contribution < -0.4 is 25.3 Å². The van der Waals surface area contributed by atoms with Crippen molar-refractivity contribution in [3.63, 3.8) is 0 Å². The van der Waals surface area contributed by atoms with Gasteiger partial charge in [-0.2, -0.15) is 8.42 Å². The monoisotopic (exact) mass is 599 g/mol. The molecule has 3 N–H and O–H groups in total. The third-order valence-electron chi connectivity index (χ3n) is 5.88. The fraction of sp³-hybridized carbons (Fsp3) is 0.357. The standard InChI is InChI=1S/C28H33N5O8S/c1-28(2,3)41-27(34)32-17(15-40-42(6,35)36)14-39-18-7-16(11-30-12-18)22-8-19-20-9-24(37-4)25(38-5)10-23(20)31-13-21(19)26(29)33-22/h7-13,17H,14-15H2,1-6H3,(H2,29,33)(H,32,34). The van der Waals surface area contributed by atoms with Crippen molar-refractivity contribution in [2.24, 2.45) is 0 Å². The van der Waals surface area contributed by atoms with Crippen LogP contribution in [0.1, 0.15) is 20.8 Å². The van der Waals surface area contributed by atoms with Crippen LogP contribution in [0.3, 0.4) is 0 Å². The van der Waals surface area contributed by atoms with E-state index in [0.717, 1.165) is 17.0 Å². The molecule has 3 heterocycles. The van der Waals surface area contributed by atoms with Crippen LogP contribution >= 0.6 is 0 Å². The quantitative estimate of drug-likeness (QED) is 0.200. The van der Waals surface area contributed by atoms with Crippen LogP contribution in [-0.2, 0) is 19.0 Å². The second-order valence-electron chi connectivity index (χ2n) is 10.4. The lowest BCUT2D eigenvalue weighted by molar-refractivity contribution is 0.0466. The normalized spacial score (nSPS) is 12.6. The molecule has 4 rings (SSSR count). The van der Waals surface area contributed by atoms with Crippen LogP contribution in [0.4, 0.5) is 10.6 Å². The summed E-state index contributed by atoms with van der Waals surface area (Å²) in [6.45, 7) is 4.64. The first kappa shape index (κ1) is 30.5. The number of hydrogen-bond donors (Lipinski definition) is 2. The molecular formula is C28H33N5O8S. The van der Waals surface area contributed by atoms with E-state index in [2.05, 4.69) is 20.3 Å². The molecule has 1 amide bonds. The van der Waals surface area contributed by atoms with Crippen LogP contribution in [0.5, 0.6) is 17.2 Å². The Morgan fingerprint density at radius 1 is 0.976 bits per heavy atom. The average Bonchev–Trinajstić information content (AvgIpc) is 2.92. The lowest BCUT2D eigenvalue weighted by Crippen LogP contribution is -2.45. The summed E-state index contributed by atoms with van der Waals surface area (Å²) in [5, 5.41) is 4.84. The molecule has 1 atom stereocenters. The van der Waals surface area contributed by atoms with Crippen molar-refractivity contribution in [3.8, 4) is 28.5 Å². The number of nitrogen functional groups attached to an aromatic ring is 1. The zero-order valence-corrected chi connectivity index (χ0v) is 24.9. The summed E-state index contributed by atoms with van der Waals surface area (Å²) in [5.41, 5.74) is 7.41. The zero-order chi connectivity index (χ0) is 30.7. The summed E-state index contributed by atoms with van der Waals surface area (Å²) in [6, 6.07) is 6.35. The molecule has 13 nitrogen and oxygen atoms in total. The lowest BCUT2D eigenvalue weighted by Gasteiger charge is -2.23. The fourth-order valence-corrected chi connectivity index (χ4v) is 4.46. The van der Waals surface area contributed by atoms with Crippen molar-refractivity contribution in [2.75, 3.05) is 39.4 Å². The van der Waals surface area contributed by atoms with E-state index in [0.29, 0.717) is 39.4 Å².